The van der Waals surface area contributed by atoms with E-state index in [-0.39, 0.29) is 22.9 Å². The van der Waals surface area contributed by atoms with Gasteiger partial charge in [0.25, 0.3) is 0 Å². The summed E-state index contributed by atoms with van der Waals surface area (Å²) in [4.78, 5) is 33.2. The summed E-state index contributed by atoms with van der Waals surface area (Å²) in [5.74, 6) is -1.14. The lowest BCUT2D eigenvalue weighted by Crippen LogP contribution is -2.35. The Balaban J connectivity index is 1.90. The van der Waals surface area contributed by atoms with Gasteiger partial charge in [-0.25, -0.2) is 24.2 Å². The molecule has 2 aromatic heterocycles. The van der Waals surface area contributed by atoms with E-state index in [9.17, 15) is 14.7 Å². The number of aromatic nitrogens is 4. The Morgan fingerprint density at radius 1 is 1.36 bits per heavy atom. The van der Waals surface area contributed by atoms with Crippen LogP contribution in [-0.2, 0) is 4.74 Å². The second-order valence-corrected chi connectivity index (χ2v) is 6.92. The first kappa shape index (κ1) is 16.9. The summed E-state index contributed by atoms with van der Waals surface area (Å²) in [6, 6.07) is -0.211. The van der Waals surface area contributed by atoms with E-state index in [1.54, 1.807) is 25.7 Å². The number of carbonyl (C=O) groups is 2. The van der Waals surface area contributed by atoms with Gasteiger partial charge in [0.2, 0.25) is 0 Å². The molecular formula is C15H20N6O4. The zero-order chi connectivity index (χ0) is 18.4. The van der Waals surface area contributed by atoms with Gasteiger partial charge in [-0.15, -0.1) is 0 Å². The predicted octanol–water partition coefficient (Wildman–Crippen LogP) is 1.29. The van der Waals surface area contributed by atoms with Gasteiger partial charge in [0, 0.05) is 13.1 Å². The van der Waals surface area contributed by atoms with Gasteiger partial charge >= 0.3 is 12.1 Å². The lowest BCUT2D eigenvalue weighted by atomic mass is 10.2. The maximum Gasteiger partial charge on any atom is 0.410 e. The number of carbonyl (C=O) groups excluding carboxylic acids is 1. The summed E-state index contributed by atoms with van der Waals surface area (Å²) in [6.07, 6.45) is 1.47. The first-order valence-electron chi connectivity index (χ1n) is 7.87. The molecule has 0 saturated carbocycles. The molecule has 0 aromatic carbocycles. The van der Waals surface area contributed by atoms with Gasteiger partial charge < -0.3 is 20.5 Å². The minimum absolute atomic E-state index is 0.0654. The lowest BCUT2D eigenvalue weighted by Gasteiger charge is -2.24. The molecule has 10 heteroatoms. The maximum atomic E-state index is 12.2. The van der Waals surface area contributed by atoms with Crippen molar-refractivity contribution in [2.24, 2.45) is 0 Å². The number of fused-ring (bicyclic) bond motifs is 1. The Morgan fingerprint density at radius 2 is 2.08 bits per heavy atom. The van der Waals surface area contributed by atoms with Crippen LogP contribution in [0.5, 0.6) is 0 Å². The van der Waals surface area contributed by atoms with E-state index in [1.165, 1.54) is 11.0 Å². The standard InChI is InChI=1S/C15H20N6O4/c1-15(2,3)25-14(24)20-5-4-8(6-20)21-12-9(10(19-21)13(22)23)11(16)17-7-18-12/h7-8H,4-6H2,1-3H3,(H,22,23)(H2,16,17,18)/t8-/m0/s1. The molecule has 3 N–H and O–H groups in total. The summed E-state index contributed by atoms with van der Waals surface area (Å²) >= 11 is 0. The van der Waals surface area contributed by atoms with Gasteiger partial charge in [0.1, 0.15) is 17.7 Å². The fraction of sp³-hybridized carbons (Fsp3) is 0.533. The average Bonchev–Trinajstić information content (AvgIpc) is 3.10. The van der Waals surface area contributed by atoms with Gasteiger partial charge in [-0.3, -0.25) is 0 Å². The lowest BCUT2D eigenvalue weighted by molar-refractivity contribution is 0.0288. The van der Waals surface area contributed by atoms with E-state index in [0.29, 0.717) is 25.2 Å². The average molecular weight is 348 g/mol. The number of aromatic carboxylic acids is 1. The van der Waals surface area contributed by atoms with Crippen molar-refractivity contribution in [2.45, 2.75) is 38.8 Å². The van der Waals surface area contributed by atoms with E-state index >= 15 is 0 Å². The van der Waals surface area contributed by atoms with E-state index in [1.807, 2.05) is 0 Å². The molecule has 3 heterocycles. The number of nitrogen functional groups attached to an aromatic ring is 1. The van der Waals surface area contributed by atoms with Crippen LogP contribution >= 0.6 is 0 Å². The number of carboxylic acids is 1. The van der Waals surface area contributed by atoms with Gasteiger partial charge in [-0.05, 0) is 27.2 Å². The molecule has 0 spiro atoms. The SMILES string of the molecule is CC(C)(C)OC(=O)N1CC[C@H](n2nc(C(=O)O)c3c(N)ncnc32)C1. The van der Waals surface area contributed by atoms with E-state index in [4.69, 9.17) is 10.5 Å². The van der Waals surface area contributed by atoms with Crippen LogP contribution in [0.15, 0.2) is 6.33 Å². The fourth-order valence-electron chi connectivity index (χ4n) is 2.83. The van der Waals surface area contributed by atoms with Crippen molar-refractivity contribution in [1.29, 1.82) is 0 Å². The zero-order valence-corrected chi connectivity index (χ0v) is 14.3. The van der Waals surface area contributed by atoms with Crippen molar-refractivity contribution >= 4 is 28.9 Å². The number of anilines is 1. The van der Waals surface area contributed by atoms with Gasteiger partial charge in [-0.1, -0.05) is 0 Å². The highest BCUT2D eigenvalue weighted by Gasteiger charge is 2.33. The first-order valence-corrected chi connectivity index (χ1v) is 7.87. The minimum atomic E-state index is -1.20. The number of likely N-dealkylation sites (tertiary alicyclic amines) is 1. The molecule has 25 heavy (non-hydrogen) atoms. The Labute approximate surface area is 143 Å². The van der Waals surface area contributed by atoms with Crippen LogP contribution in [0.3, 0.4) is 0 Å². The molecular weight excluding hydrogens is 328 g/mol. The molecule has 10 nitrogen and oxygen atoms in total. The van der Waals surface area contributed by atoms with E-state index in [0.717, 1.165) is 0 Å². The normalized spacial score (nSPS) is 17.9. The second-order valence-electron chi connectivity index (χ2n) is 6.92. The molecule has 1 amide bonds. The van der Waals surface area contributed by atoms with Crippen molar-refractivity contribution in [3.63, 3.8) is 0 Å². The van der Waals surface area contributed by atoms with Crippen LogP contribution in [0, 0.1) is 0 Å². The van der Waals surface area contributed by atoms with Crippen LogP contribution < -0.4 is 5.73 Å². The van der Waals surface area contributed by atoms with Crippen molar-refractivity contribution in [1.82, 2.24) is 24.6 Å². The van der Waals surface area contributed by atoms with Gasteiger partial charge in [-0.2, -0.15) is 5.10 Å². The monoisotopic (exact) mass is 348 g/mol. The molecule has 3 rings (SSSR count). The molecule has 1 saturated heterocycles. The van der Waals surface area contributed by atoms with Gasteiger partial charge in [0.05, 0.1) is 11.4 Å². The van der Waals surface area contributed by atoms with E-state index < -0.39 is 17.7 Å². The third-order valence-corrected chi connectivity index (χ3v) is 3.88. The fourth-order valence-corrected chi connectivity index (χ4v) is 2.83. The number of hydrogen-bond donors (Lipinski definition) is 2. The molecule has 0 radical (unpaired) electrons. The zero-order valence-electron chi connectivity index (χ0n) is 14.3. The predicted molar refractivity (Wildman–Crippen MR) is 88.2 cm³/mol. The summed E-state index contributed by atoms with van der Waals surface area (Å²) in [7, 11) is 0. The number of nitrogens with two attached hydrogens (primary N) is 1. The summed E-state index contributed by atoms with van der Waals surface area (Å²) in [6.45, 7) is 6.26. The quantitative estimate of drug-likeness (QED) is 0.828. The largest absolute Gasteiger partial charge is 0.476 e. The van der Waals surface area contributed by atoms with E-state index in [2.05, 4.69) is 15.1 Å². The first-order chi connectivity index (χ1) is 11.7. The van der Waals surface area contributed by atoms with Gasteiger partial charge in [0.15, 0.2) is 11.3 Å². The number of hydrogen-bond acceptors (Lipinski definition) is 7. The molecule has 1 aliphatic heterocycles. The summed E-state index contributed by atoms with van der Waals surface area (Å²) < 4.78 is 6.89. The van der Waals surface area contributed by atoms with Crippen molar-refractivity contribution in [2.75, 3.05) is 18.8 Å². The molecule has 134 valence electrons. The Bertz CT molecular complexity index is 840. The number of nitrogens with zero attached hydrogens (tertiary/aromatic N) is 5. The molecule has 1 fully saturated rings. The molecule has 0 bridgehead atoms. The van der Waals surface area contributed by atoms with Crippen LogP contribution in [-0.4, -0.2) is 60.5 Å². The third kappa shape index (κ3) is 3.19. The number of amides is 1. The molecule has 2 aromatic rings. The molecule has 0 unspecified atom stereocenters. The van der Waals surface area contributed by atoms with Crippen molar-refractivity contribution in [3.8, 4) is 0 Å². The Hall–Kier alpha value is -2.91. The summed E-state index contributed by atoms with van der Waals surface area (Å²) in [5, 5.41) is 13.7. The number of ether oxygens (including phenoxy) is 1. The highest BCUT2D eigenvalue weighted by Crippen LogP contribution is 2.29. The molecule has 1 aliphatic rings. The number of rotatable bonds is 2. The second kappa shape index (κ2) is 5.87. The maximum absolute atomic E-state index is 12.2. The minimum Gasteiger partial charge on any atom is -0.476 e. The van der Waals surface area contributed by atoms with Crippen LogP contribution in [0.1, 0.15) is 43.7 Å². The third-order valence-electron chi connectivity index (χ3n) is 3.88. The van der Waals surface area contributed by atoms with Crippen LogP contribution in [0.2, 0.25) is 0 Å². The topological polar surface area (TPSA) is 136 Å². The van der Waals surface area contributed by atoms with Crippen molar-refractivity contribution in [3.05, 3.63) is 12.0 Å². The smallest absolute Gasteiger partial charge is 0.410 e. The van der Waals surface area contributed by atoms with Crippen LogP contribution in [0.4, 0.5) is 10.6 Å². The Kier molecular flexibility index (Phi) is 3.97. The number of carboxylic acid groups (broad SMARTS) is 1. The molecule has 1 atom stereocenters. The van der Waals surface area contributed by atoms with Crippen LogP contribution in [0.25, 0.3) is 11.0 Å². The van der Waals surface area contributed by atoms with Crippen molar-refractivity contribution < 1.29 is 19.4 Å². The highest BCUT2D eigenvalue weighted by atomic mass is 16.6. The molecule has 0 aliphatic carbocycles. The highest BCUT2D eigenvalue weighted by molar-refractivity contribution is 6.04. The Morgan fingerprint density at radius 3 is 2.72 bits per heavy atom. The summed E-state index contributed by atoms with van der Waals surface area (Å²) in [5.41, 5.74) is 5.38.